The van der Waals surface area contributed by atoms with E-state index >= 15 is 0 Å². The molecule has 0 amide bonds. The number of allylic oxidation sites excluding steroid dienone is 1. The lowest BCUT2D eigenvalue weighted by Crippen LogP contribution is -2.36. The van der Waals surface area contributed by atoms with Gasteiger partial charge in [0.05, 0.1) is 23.0 Å². The molecule has 2 aromatic carbocycles. The molecule has 2 heterocycles. The van der Waals surface area contributed by atoms with Crippen LogP contribution in [0.15, 0.2) is 52.3 Å². The van der Waals surface area contributed by atoms with E-state index in [2.05, 4.69) is 0 Å². The van der Waals surface area contributed by atoms with Gasteiger partial charge in [0.1, 0.15) is 5.69 Å². The molecule has 0 aromatic heterocycles. The summed E-state index contributed by atoms with van der Waals surface area (Å²) in [4.78, 5) is 27.1. The third-order valence-corrected chi connectivity index (χ3v) is 5.52. The van der Waals surface area contributed by atoms with E-state index in [-0.39, 0.29) is 16.4 Å². The maximum atomic E-state index is 12.5. The van der Waals surface area contributed by atoms with Gasteiger partial charge in [-0.15, -0.1) is 0 Å². The number of carbonyl (C=O) groups excluding carboxylic acids is 1. The zero-order valence-electron chi connectivity index (χ0n) is 13.9. The highest BCUT2D eigenvalue weighted by molar-refractivity contribution is 8.04. The Morgan fingerprint density at radius 1 is 1.15 bits per heavy atom. The number of rotatable bonds is 3. The van der Waals surface area contributed by atoms with Crippen LogP contribution in [-0.4, -0.2) is 37.0 Å². The number of nitro groups is 1. The first-order valence-electron chi connectivity index (χ1n) is 8.28. The average molecular weight is 368 g/mol. The van der Waals surface area contributed by atoms with Gasteiger partial charge in [0, 0.05) is 29.6 Å². The molecule has 2 aromatic rings. The molecule has 0 saturated carbocycles. The van der Waals surface area contributed by atoms with E-state index in [0.717, 1.165) is 4.90 Å². The Bertz CT molecular complexity index is 920. The zero-order chi connectivity index (χ0) is 18.1. The van der Waals surface area contributed by atoms with E-state index in [1.54, 1.807) is 18.2 Å². The molecule has 1 saturated heterocycles. The number of nitrogens with zero attached hydrogens (tertiary/aromatic N) is 2. The molecule has 0 radical (unpaired) electrons. The minimum absolute atomic E-state index is 0.0366. The summed E-state index contributed by atoms with van der Waals surface area (Å²) in [7, 11) is 0. The minimum atomic E-state index is -0.370. The molecular formula is C19H16N2O4S. The summed E-state index contributed by atoms with van der Waals surface area (Å²) in [6.45, 7) is 2.38. The molecule has 0 N–H and O–H groups in total. The molecular weight excluding hydrogens is 352 g/mol. The van der Waals surface area contributed by atoms with Crippen molar-refractivity contribution in [1.29, 1.82) is 0 Å². The summed E-state index contributed by atoms with van der Waals surface area (Å²) in [6.07, 6.45) is 1.73. The van der Waals surface area contributed by atoms with Crippen LogP contribution in [0.3, 0.4) is 0 Å². The number of hydrogen-bond acceptors (Lipinski definition) is 6. The lowest BCUT2D eigenvalue weighted by Gasteiger charge is -2.28. The Morgan fingerprint density at radius 3 is 2.65 bits per heavy atom. The van der Waals surface area contributed by atoms with Crippen LogP contribution >= 0.6 is 11.8 Å². The topological polar surface area (TPSA) is 72.7 Å². The Morgan fingerprint density at radius 2 is 1.92 bits per heavy atom. The van der Waals surface area contributed by atoms with Gasteiger partial charge in [-0.3, -0.25) is 14.9 Å². The first-order chi connectivity index (χ1) is 12.6. The molecule has 0 bridgehead atoms. The second kappa shape index (κ2) is 6.93. The van der Waals surface area contributed by atoms with Gasteiger partial charge < -0.3 is 9.64 Å². The summed E-state index contributed by atoms with van der Waals surface area (Å²) < 4.78 is 5.32. The summed E-state index contributed by atoms with van der Waals surface area (Å²) in [6, 6.07) is 12.5. The number of ketones is 1. The number of benzene rings is 2. The quantitative estimate of drug-likeness (QED) is 0.467. The van der Waals surface area contributed by atoms with Gasteiger partial charge >= 0.3 is 0 Å². The van der Waals surface area contributed by atoms with Crippen LogP contribution in [-0.2, 0) is 4.74 Å². The van der Waals surface area contributed by atoms with Gasteiger partial charge in [-0.2, -0.15) is 0 Å². The van der Waals surface area contributed by atoms with Crippen molar-refractivity contribution < 1.29 is 14.5 Å². The zero-order valence-corrected chi connectivity index (χ0v) is 14.7. The maximum absolute atomic E-state index is 12.5. The third kappa shape index (κ3) is 3.11. The van der Waals surface area contributed by atoms with Crippen molar-refractivity contribution in [3.8, 4) is 0 Å². The number of morpholine rings is 1. The number of fused-ring (bicyclic) bond motifs is 1. The summed E-state index contributed by atoms with van der Waals surface area (Å²) in [5.74, 6) is -0.0366. The molecule has 0 atom stereocenters. The smallest absolute Gasteiger partial charge is 0.293 e. The maximum Gasteiger partial charge on any atom is 0.293 e. The largest absolute Gasteiger partial charge is 0.378 e. The third-order valence-electron chi connectivity index (χ3n) is 4.42. The highest BCUT2D eigenvalue weighted by atomic mass is 32.2. The normalized spacial score (nSPS) is 18.2. The average Bonchev–Trinajstić information content (AvgIpc) is 2.98. The highest BCUT2D eigenvalue weighted by Crippen LogP contribution is 2.41. The van der Waals surface area contributed by atoms with Crippen LogP contribution in [0, 0.1) is 10.1 Å². The molecule has 0 unspecified atom stereocenters. The summed E-state index contributed by atoms with van der Waals surface area (Å²) in [5, 5.41) is 11.6. The van der Waals surface area contributed by atoms with E-state index in [9.17, 15) is 14.9 Å². The van der Waals surface area contributed by atoms with Crippen molar-refractivity contribution in [2.45, 2.75) is 4.90 Å². The number of hydrogen-bond donors (Lipinski definition) is 0. The number of nitro benzene ring substituents is 1. The summed E-state index contributed by atoms with van der Waals surface area (Å²) in [5.41, 5.74) is 1.98. The SMILES string of the molecule is O=C1/C(=C\c2ccc(N3CCOCC3)c([N+](=O)[O-])c2)Sc2ccccc21. The molecule has 1 fully saturated rings. The van der Waals surface area contributed by atoms with Crippen molar-refractivity contribution in [1.82, 2.24) is 0 Å². The number of carbonyl (C=O) groups is 1. The van der Waals surface area contributed by atoms with E-state index in [4.69, 9.17) is 4.74 Å². The van der Waals surface area contributed by atoms with Crippen molar-refractivity contribution in [2.75, 3.05) is 31.2 Å². The van der Waals surface area contributed by atoms with E-state index in [1.165, 1.54) is 17.8 Å². The van der Waals surface area contributed by atoms with Crippen molar-refractivity contribution in [3.05, 3.63) is 68.6 Å². The lowest BCUT2D eigenvalue weighted by molar-refractivity contribution is -0.384. The lowest BCUT2D eigenvalue weighted by atomic mass is 10.1. The van der Waals surface area contributed by atoms with Crippen LogP contribution in [0.25, 0.3) is 6.08 Å². The van der Waals surface area contributed by atoms with Gasteiger partial charge in [0.2, 0.25) is 5.78 Å². The molecule has 2 aliphatic heterocycles. The van der Waals surface area contributed by atoms with Gasteiger partial charge in [0.15, 0.2) is 0 Å². The minimum Gasteiger partial charge on any atom is -0.378 e. The standard InChI is InChI=1S/C19H16N2O4S/c22-19-14-3-1-2-4-17(14)26-18(19)12-13-5-6-15(16(11-13)21(23)24)20-7-9-25-10-8-20/h1-6,11-12H,7-10H2/b18-12+. The monoisotopic (exact) mass is 368 g/mol. The Labute approximate surface area is 154 Å². The molecule has 0 spiro atoms. The number of anilines is 1. The predicted octanol–water partition coefficient (Wildman–Crippen LogP) is 3.76. The first kappa shape index (κ1) is 16.8. The van der Waals surface area contributed by atoms with Crippen LogP contribution in [0.2, 0.25) is 0 Å². The van der Waals surface area contributed by atoms with Crippen molar-refractivity contribution in [3.63, 3.8) is 0 Å². The summed E-state index contributed by atoms with van der Waals surface area (Å²) >= 11 is 1.40. The Hall–Kier alpha value is -2.64. The Balaban J connectivity index is 1.67. The number of thioether (sulfide) groups is 1. The second-order valence-electron chi connectivity index (χ2n) is 6.04. The molecule has 7 heteroatoms. The van der Waals surface area contributed by atoms with Crippen LogP contribution in [0.1, 0.15) is 15.9 Å². The van der Waals surface area contributed by atoms with Crippen molar-refractivity contribution in [2.24, 2.45) is 0 Å². The van der Waals surface area contributed by atoms with E-state index in [1.807, 2.05) is 29.2 Å². The Kier molecular flexibility index (Phi) is 4.48. The van der Waals surface area contributed by atoms with Gasteiger partial charge in [-0.25, -0.2) is 0 Å². The fraction of sp³-hybridized carbons (Fsp3) is 0.211. The molecule has 2 aliphatic rings. The van der Waals surface area contributed by atoms with Gasteiger partial charge in [0.25, 0.3) is 5.69 Å². The van der Waals surface area contributed by atoms with Gasteiger partial charge in [-0.1, -0.05) is 30.0 Å². The van der Waals surface area contributed by atoms with Crippen LogP contribution in [0.4, 0.5) is 11.4 Å². The predicted molar refractivity (Wildman–Crippen MR) is 101 cm³/mol. The fourth-order valence-electron chi connectivity index (χ4n) is 3.14. The van der Waals surface area contributed by atoms with Gasteiger partial charge in [-0.05, 0) is 29.8 Å². The fourth-order valence-corrected chi connectivity index (χ4v) is 4.19. The second-order valence-corrected chi connectivity index (χ2v) is 7.12. The molecule has 6 nitrogen and oxygen atoms in total. The van der Waals surface area contributed by atoms with Crippen molar-refractivity contribution >= 4 is 35.0 Å². The van der Waals surface area contributed by atoms with E-state index < -0.39 is 0 Å². The highest BCUT2D eigenvalue weighted by Gasteiger charge is 2.26. The molecule has 132 valence electrons. The first-order valence-corrected chi connectivity index (χ1v) is 9.09. The van der Waals surface area contributed by atoms with E-state index in [0.29, 0.717) is 48.0 Å². The number of ether oxygens (including phenoxy) is 1. The molecule has 0 aliphatic carbocycles. The molecule has 26 heavy (non-hydrogen) atoms. The number of Topliss-reactive ketones (excluding diaryl/α,β-unsaturated/α-hetero) is 1. The molecule has 4 rings (SSSR count). The van der Waals surface area contributed by atoms with Crippen LogP contribution in [0.5, 0.6) is 0 Å². The van der Waals surface area contributed by atoms with Crippen LogP contribution < -0.4 is 4.90 Å².